The molecule has 5 nitrogen and oxygen atoms in total. The molecule has 0 aliphatic heterocycles. The van der Waals surface area contributed by atoms with Crippen molar-refractivity contribution >= 4 is 17.9 Å². The maximum absolute atomic E-state index is 11.6. The fourth-order valence-corrected chi connectivity index (χ4v) is 2.56. The standard InChI is InChI=1S/C19H22NO4S/c1-5-18(23-13-6-9-15(25-4)10-7-13)16-11-8-14(12-17(16)21)24-19(22)20(2)3/h6-12,18,21H,1,5H2,2-4H3. The lowest BCUT2D eigenvalue weighted by Crippen LogP contribution is -2.25. The van der Waals surface area contributed by atoms with Gasteiger partial charge in [0, 0.05) is 30.6 Å². The van der Waals surface area contributed by atoms with Crippen LogP contribution in [-0.2, 0) is 0 Å². The van der Waals surface area contributed by atoms with Crippen LogP contribution in [0, 0.1) is 6.92 Å². The summed E-state index contributed by atoms with van der Waals surface area (Å²) in [6.07, 6.45) is 1.54. The van der Waals surface area contributed by atoms with E-state index in [4.69, 9.17) is 9.47 Å². The van der Waals surface area contributed by atoms with Crippen LogP contribution in [0.3, 0.4) is 0 Å². The van der Waals surface area contributed by atoms with Gasteiger partial charge in [-0.15, -0.1) is 11.8 Å². The highest BCUT2D eigenvalue weighted by Crippen LogP contribution is 2.33. The minimum atomic E-state index is -0.508. The Morgan fingerprint density at radius 3 is 2.36 bits per heavy atom. The molecule has 2 aromatic carbocycles. The number of phenolic OH excluding ortho intramolecular Hbond substituents is 1. The van der Waals surface area contributed by atoms with E-state index in [1.165, 1.54) is 11.0 Å². The second kappa shape index (κ2) is 8.67. The summed E-state index contributed by atoms with van der Waals surface area (Å²) in [5.41, 5.74) is 0.591. The summed E-state index contributed by atoms with van der Waals surface area (Å²) in [6, 6.07) is 12.4. The molecule has 0 heterocycles. The van der Waals surface area contributed by atoms with Gasteiger partial charge in [-0.25, -0.2) is 4.79 Å². The van der Waals surface area contributed by atoms with Crippen LogP contribution in [0.4, 0.5) is 4.79 Å². The summed E-state index contributed by atoms with van der Waals surface area (Å²) in [7, 11) is 3.18. The third-order valence-corrected chi connectivity index (χ3v) is 4.26. The average molecular weight is 360 g/mol. The molecule has 0 spiro atoms. The van der Waals surface area contributed by atoms with Crippen molar-refractivity contribution in [3.63, 3.8) is 0 Å². The van der Waals surface area contributed by atoms with Gasteiger partial charge in [-0.1, -0.05) is 0 Å². The molecular weight excluding hydrogens is 338 g/mol. The predicted octanol–water partition coefficient (Wildman–Crippen LogP) is 4.52. The van der Waals surface area contributed by atoms with Gasteiger partial charge in [-0.05, 0) is 56.0 Å². The quantitative estimate of drug-likeness (QED) is 0.768. The molecule has 6 heteroatoms. The molecule has 133 valence electrons. The number of ether oxygens (including phenoxy) is 2. The second-order valence-corrected chi connectivity index (χ2v) is 6.43. The van der Waals surface area contributed by atoms with Crippen molar-refractivity contribution < 1.29 is 19.4 Å². The van der Waals surface area contributed by atoms with Gasteiger partial charge < -0.3 is 19.5 Å². The first-order valence-corrected chi connectivity index (χ1v) is 8.99. The van der Waals surface area contributed by atoms with E-state index in [0.717, 1.165) is 4.90 Å². The summed E-state index contributed by atoms with van der Waals surface area (Å²) >= 11 is 1.66. The topological polar surface area (TPSA) is 59.0 Å². The highest BCUT2D eigenvalue weighted by molar-refractivity contribution is 7.98. The number of carbonyl (C=O) groups excluding carboxylic acids is 1. The number of hydrogen-bond acceptors (Lipinski definition) is 5. The summed E-state index contributed by atoms with van der Waals surface area (Å²) in [4.78, 5) is 14.0. The average Bonchev–Trinajstić information content (AvgIpc) is 2.60. The normalized spacial score (nSPS) is 11.7. The molecule has 1 unspecified atom stereocenters. The molecule has 1 atom stereocenters. The number of thioether (sulfide) groups is 1. The van der Waals surface area contributed by atoms with E-state index in [0.29, 0.717) is 17.7 Å². The molecule has 0 saturated heterocycles. The van der Waals surface area contributed by atoms with Gasteiger partial charge in [0.1, 0.15) is 23.4 Å². The molecule has 2 rings (SSSR count). The van der Waals surface area contributed by atoms with Crippen LogP contribution in [0.2, 0.25) is 0 Å². The minimum absolute atomic E-state index is 0.00144. The Labute approximate surface area is 152 Å². The Kier molecular flexibility index (Phi) is 6.58. The Bertz CT molecular complexity index is 716. The first-order valence-electron chi connectivity index (χ1n) is 7.76. The van der Waals surface area contributed by atoms with Gasteiger partial charge in [-0.3, -0.25) is 0 Å². The monoisotopic (exact) mass is 360 g/mol. The van der Waals surface area contributed by atoms with Gasteiger partial charge in [0.25, 0.3) is 0 Å². The lowest BCUT2D eigenvalue weighted by molar-refractivity contribution is 0.171. The van der Waals surface area contributed by atoms with E-state index in [1.807, 2.05) is 30.5 Å². The van der Waals surface area contributed by atoms with E-state index in [9.17, 15) is 9.90 Å². The van der Waals surface area contributed by atoms with Crippen LogP contribution in [0.25, 0.3) is 0 Å². The zero-order chi connectivity index (χ0) is 18.4. The fourth-order valence-electron chi connectivity index (χ4n) is 2.15. The smallest absolute Gasteiger partial charge is 0.414 e. The molecule has 0 aliphatic rings. The zero-order valence-electron chi connectivity index (χ0n) is 14.6. The number of benzene rings is 2. The Hall–Kier alpha value is -2.34. The number of aromatic hydroxyl groups is 1. The van der Waals surface area contributed by atoms with Gasteiger partial charge in [0.05, 0.1) is 0 Å². The van der Waals surface area contributed by atoms with Gasteiger partial charge in [0.2, 0.25) is 0 Å². The largest absolute Gasteiger partial charge is 0.507 e. The maximum atomic E-state index is 11.6. The molecule has 1 amide bonds. The molecule has 0 fully saturated rings. The third-order valence-electron chi connectivity index (χ3n) is 3.52. The third kappa shape index (κ3) is 5.06. The zero-order valence-corrected chi connectivity index (χ0v) is 15.4. The lowest BCUT2D eigenvalue weighted by atomic mass is 10.1. The molecule has 1 N–H and O–H groups in total. The van der Waals surface area contributed by atoms with Gasteiger partial charge in [-0.2, -0.15) is 0 Å². The van der Waals surface area contributed by atoms with Crippen molar-refractivity contribution in [1.82, 2.24) is 4.90 Å². The van der Waals surface area contributed by atoms with Gasteiger partial charge in [0.15, 0.2) is 0 Å². The number of carbonyl (C=O) groups is 1. The van der Waals surface area contributed by atoms with Crippen molar-refractivity contribution in [2.24, 2.45) is 0 Å². The van der Waals surface area contributed by atoms with Crippen molar-refractivity contribution in [1.29, 1.82) is 0 Å². The van der Waals surface area contributed by atoms with Crippen LogP contribution in [-0.4, -0.2) is 36.5 Å². The maximum Gasteiger partial charge on any atom is 0.414 e. The lowest BCUT2D eigenvalue weighted by Gasteiger charge is -2.20. The van der Waals surface area contributed by atoms with E-state index in [2.05, 4.69) is 6.92 Å². The first kappa shape index (κ1) is 19.0. The number of hydrogen-bond donors (Lipinski definition) is 1. The second-order valence-electron chi connectivity index (χ2n) is 5.55. The highest BCUT2D eigenvalue weighted by atomic mass is 32.2. The fraction of sp³-hybridized carbons (Fsp3) is 0.263. The van der Waals surface area contributed by atoms with E-state index >= 15 is 0 Å². The number of phenols is 1. The minimum Gasteiger partial charge on any atom is -0.507 e. The van der Waals surface area contributed by atoms with E-state index in [-0.39, 0.29) is 11.5 Å². The predicted molar refractivity (Wildman–Crippen MR) is 99.4 cm³/mol. The molecule has 0 saturated carbocycles. The molecule has 2 aromatic rings. The van der Waals surface area contributed by atoms with Crippen molar-refractivity contribution in [3.8, 4) is 17.2 Å². The van der Waals surface area contributed by atoms with Crippen LogP contribution in [0.15, 0.2) is 47.4 Å². The van der Waals surface area contributed by atoms with E-state index in [1.54, 1.807) is 38.0 Å². The molecule has 0 bridgehead atoms. The number of amides is 1. The summed E-state index contributed by atoms with van der Waals surface area (Å²) < 4.78 is 11.1. The van der Waals surface area contributed by atoms with Crippen LogP contribution in [0.5, 0.6) is 17.2 Å². The van der Waals surface area contributed by atoms with Crippen molar-refractivity contribution in [3.05, 3.63) is 55.0 Å². The highest BCUT2D eigenvalue weighted by Gasteiger charge is 2.17. The Morgan fingerprint density at radius 1 is 1.20 bits per heavy atom. The van der Waals surface area contributed by atoms with E-state index < -0.39 is 12.2 Å². The van der Waals surface area contributed by atoms with Crippen LogP contribution < -0.4 is 9.47 Å². The summed E-state index contributed by atoms with van der Waals surface area (Å²) in [5.74, 6) is 0.972. The first-order chi connectivity index (χ1) is 11.9. The SMILES string of the molecule is [CH2]CC(Oc1ccc(SC)cc1)c1ccc(OC(=O)N(C)C)cc1O. The Morgan fingerprint density at radius 2 is 1.84 bits per heavy atom. The van der Waals surface area contributed by atoms with Crippen molar-refractivity contribution in [2.75, 3.05) is 20.4 Å². The summed E-state index contributed by atoms with van der Waals surface area (Å²) in [6.45, 7) is 3.90. The molecule has 0 aliphatic carbocycles. The summed E-state index contributed by atoms with van der Waals surface area (Å²) in [5, 5.41) is 10.3. The molecule has 0 aromatic heterocycles. The van der Waals surface area contributed by atoms with Gasteiger partial charge >= 0.3 is 6.09 Å². The number of nitrogens with zero attached hydrogens (tertiary/aromatic N) is 1. The van der Waals surface area contributed by atoms with Crippen LogP contribution >= 0.6 is 11.8 Å². The van der Waals surface area contributed by atoms with Crippen LogP contribution in [0.1, 0.15) is 18.1 Å². The molecular formula is C19H22NO4S. The molecule has 1 radical (unpaired) electrons. The molecule has 25 heavy (non-hydrogen) atoms. The van der Waals surface area contributed by atoms with Crippen molar-refractivity contribution in [2.45, 2.75) is 17.4 Å². The number of rotatable bonds is 6. The Balaban J connectivity index is 2.15.